The molecule has 3 heteroatoms. The van der Waals surface area contributed by atoms with E-state index in [1.54, 1.807) is 11.6 Å². The fraction of sp³-hybridized carbons (Fsp3) is 0.300. The van der Waals surface area contributed by atoms with Crippen molar-refractivity contribution < 1.29 is 0 Å². The molecule has 0 spiro atoms. The van der Waals surface area contributed by atoms with Gasteiger partial charge in [0, 0.05) is 23.3 Å². The van der Waals surface area contributed by atoms with Crippen LogP contribution in [0.4, 0.5) is 0 Å². The van der Waals surface area contributed by atoms with Crippen LogP contribution in [-0.4, -0.2) is 4.57 Å². The van der Waals surface area contributed by atoms with Crippen molar-refractivity contribution in [2.75, 3.05) is 0 Å². The third kappa shape index (κ3) is 1.27. The highest BCUT2D eigenvalue weighted by Crippen LogP contribution is 2.27. The molecule has 0 bridgehead atoms. The molecule has 1 aromatic heterocycles. The molecule has 68 valence electrons. The van der Waals surface area contributed by atoms with Gasteiger partial charge in [0.1, 0.15) is 0 Å². The van der Waals surface area contributed by atoms with Gasteiger partial charge >= 0.3 is 0 Å². The second-order valence-corrected chi connectivity index (χ2v) is 4.31. The Morgan fingerprint density at radius 2 is 2.23 bits per heavy atom. The summed E-state index contributed by atoms with van der Waals surface area (Å²) in [7, 11) is 1.78. The monoisotopic (exact) mass is 239 g/mol. The Morgan fingerprint density at radius 1 is 1.54 bits per heavy atom. The van der Waals surface area contributed by atoms with Gasteiger partial charge in [-0.15, -0.1) is 0 Å². The van der Waals surface area contributed by atoms with Crippen molar-refractivity contribution in [1.29, 1.82) is 0 Å². The summed E-state index contributed by atoms with van der Waals surface area (Å²) in [5, 5.41) is 0. The number of aryl methyl sites for hydroxylation is 1. The van der Waals surface area contributed by atoms with E-state index in [9.17, 15) is 4.79 Å². The lowest BCUT2D eigenvalue weighted by atomic mass is 10.1. The number of aromatic nitrogens is 1. The Morgan fingerprint density at radius 3 is 2.92 bits per heavy atom. The first-order chi connectivity index (χ1) is 6.09. The largest absolute Gasteiger partial charge is 0.317 e. The normalized spacial score (nSPS) is 14.2. The SMILES string of the molecule is CC1=Cc2c(Br)cn(C)c(=O)c2C1. The minimum Gasteiger partial charge on any atom is -0.317 e. The van der Waals surface area contributed by atoms with Crippen LogP contribution < -0.4 is 5.56 Å². The molecule has 0 amide bonds. The third-order valence-electron chi connectivity index (χ3n) is 2.31. The average Bonchev–Trinajstić information content (AvgIpc) is 2.44. The van der Waals surface area contributed by atoms with E-state index in [1.165, 1.54) is 5.57 Å². The molecule has 0 N–H and O–H groups in total. The second-order valence-electron chi connectivity index (χ2n) is 3.45. The quantitative estimate of drug-likeness (QED) is 0.680. The van der Waals surface area contributed by atoms with Gasteiger partial charge in [-0.3, -0.25) is 4.79 Å². The molecular weight excluding hydrogens is 230 g/mol. The van der Waals surface area contributed by atoms with Gasteiger partial charge in [0.05, 0.1) is 0 Å². The first-order valence-electron chi connectivity index (χ1n) is 4.15. The summed E-state index contributed by atoms with van der Waals surface area (Å²) >= 11 is 3.46. The fourth-order valence-electron chi connectivity index (χ4n) is 1.67. The summed E-state index contributed by atoms with van der Waals surface area (Å²) in [4.78, 5) is 11.7. The number of pyridine rings is 1. The van der Waals surface area contributed by atoms with Gasteiger partial charge in [0.15, 0.2) is 0 Å². The summed E-state index contributed by atoms with van der Waals surface area (Å²) in [6.45, 7) is 2.05. The molecule has 0 saturated carbocycles. The van der Waals surface area contributed by atoms with Gasteiger partial charge in [-0.1, -0.05) is 11.6 Å². The summed E-state index contributed by atoms with van der Waals surface area (Å²) in [5.41, 5.74) is 3.33. The highest BCUT2D eigenvalue weighted by Gasteiger charge is 2.16. The Balaban J connectivity index is 2.78. The molecule has 1 aliphatic rings. The molecule has 0 aliphatic heterocycles. The molecule has 0 saturated heterocycles. The lowest BCUT2D eigenvalue weighted by Gasteiger charge is -2.04. The Hall–Kier alpha value is -0.830. The number of fused-ring (bicyclic) bond motifs is 1. The van der Waals surface area contributed by atoms with Crippen LogP contribution in [0.3, 0.4) is 0 Å². The van der Waals surface area contributed by atoms with Gasteiger partial charge in [-0.05, 0) is 34.8 Å². The van der Waals surface area contributed by atoms with Crippen LogP contribution in [0.15, 0.2) is 21.0 Å². The van der Waals surface area contributed by atoms with Crippen LogP contribution in [0.25, 0.3) is 6.08 Å². The minimum atomic E-state index is 0.117. The van der Waals surface area contributed by atoms with Crippen molar-refractivity contribution in [2.24, 2.45) is 7.05 Å². The molecule has 0 radical (unpaired) electrons. The van der Waals surface area contributed by atoms with Crippen LogP contribution in [0.1, 0.15) is 18.1 Å². The lowest BCUT2D eigenvalue weighted by molar-refractivity contribution is 0.836. The van der Waals surface area contributed by atoms with E-state index < -0.39 is 0 Å². The van der Waals surface area contributed by atoms with Gasteiger partial charge in [0.25, 0.3) is 5.56 Å². The smallest absolute Gasteiger partial charge is 0.254 e. The Labute approximate surface area is 85.0 Å². The van der Waals surface area contributed by atoms with E-state index in [1.807, 2.05) is 13.1 Å². The van der Waals surface area contributed by atoms with Crippen molar-refractivity contribution in [3.05, 3.63) is 37.7 Å². The molecule has 1 aromatic rings. The maximum absolute atomic E-state index is 11.7. The molecule has 0 atom stereocenters. The van der Waals surface area contributed by atoms with Crippen molar-refractivity contribution >= 4 is 22.0 Å². The number of allylic oxidation sites excluding steroid dienone is 1. The van der Waals surface area contributed by atoms with Crippen molar-refractivity contribution in [1.82, 2.24) is 4.57 Å². The predicted octanol–water partition coefficient (Wildman–Crippen LogP) is 2.11. The zero-order valence-electron chi connectivity index (χ0n) is 7.60. The first kappa shape index (κ1) is 8.75. The van der Waals surface area contributed by atoms with E-state index in [0.29, 0.717) is 0 Å². The molecule has 2 rings (SSSR count). The third-order valence-corrected chi connectivity index (χ3v) is 2.95. The van der Waals surface area contributed by atoms with Crippen molar-refractivity contribution in [2.45, 2.75) is 13.3 Å². The first-order valence-corrected chi connectivity index (χ1v) is 4.94. The average molecular weight is 240 g/mol. The predicted molar refractivity (Wildman–Crippen MR) is 56.7 cm³/mol. The van der Waals surface area contributed by atoms with Crippen molar-refractivity contribution in [3.8, 4) is 0 Å². The zero-order chi connectivity index (χ0) is 9.59. The lowest BCUT2D eigenvalue weighted by Crippen LogP contribution is -2.20. The molecule has 0 unspecified atom stereocenters. The van der Waals surface area contributed by atoms with Crippen LogP contribution in [0.5, 0.6) is 0 Å². The summed E-state index contributed by atoms with van der Waals surface area (Å²) in [6.07, 6.45) is 4.68. The number of rotatable bonds is 0. The van der Waals surface area contributed by atoms with E-state index in [4.69, 9.17) is 0 Å². The van der Waals surface area contributed by atoms with Gasteiger partial charge < -0.3 is 4.57 Å². The van der Waals surface area contributed by atoms with Gasteiger partial charge in [0.2, 0.25) is 0 Å². The molecule has 1 aliphatic carbocycles. The van der Waals surface area contributed by atoms with E-state index in [0.717, 1.165) is 22.0 Å². The molecule has 0 fully saturated rings. The van der Waals surface area contributed by atoms with E-state index in [-0.39, 0.29) is 5.56 Å². The standard InChI is InChI=1S/C10H10BrNO/c1-6-3-7-8(4-6)10(13)12(2)5-9(7)11/h3,5H,4H2,1-2H3. The van der Waals surface area contributed by atoms with Crippen LogP contribution >= 0.6 is 15.9 Å². The topological polar surface area (TPSA) is 22.0 Å². The maximum atomic E-state index is 11.7. The van der Waals surface area contributed by atoms with Gasteiger partial charge in [-0.25, -0.2) is 0 Å². The molecule has 2 nitrogen and oxygen atoms in total. The van der Waals surface area contributed by atoms with E-state index in [2.05, 4.69) is 22.0 Å². The second kappa shape index (κ2) is 2.84. The highest BCUT2D eigenvalue weighted by molar-refractivity contribution is 9.10. The van der Waals surface area contributed by atoms with E-state index >= 15 is 0 Å². The molecule has 13 heavy (non-hydrogen) atoms. The van der Waals surface area contributed by atoms with Crippen LogP contribution in [0.2, 0.25) is 0 Å². The number of nitrogens with zero attached hydrogens (tertiary/aromatic N) is 1. The van der Waals surface area contributed by atoms with Crippen LogP contribution in [-0.2, 0) is 13.5 Å². The molecular formula is C10H10BrNO. The number of hydrogen-bond acceptors (Lipinski definition) is 1. The maximum Gasteiger partial charge on any atom is 0.254 e. The fourth-order valence-corrected chi connectivity index (χ4v) is 2.33. The zero-order valence-corrected chi connectivity index (χ0v) is 9.18. The van der Waals surface area contributed by atoms with Crippen molar-refractivity contribution in [3.63, 3.8) is 0 Å². The molecule has 0 aromatic carbocycles. The number of hydrogen-bond donors (Lipinski definition) is 0. The number of halogens is 1. The van der Waals surface area contributed by atoms with Crippen LogP contribution in [0, 0.1) is 0 Å². The Bertz CT molecular complexity index is 457. The minimum absolute atomic E-state index is 0.117. The summed E-state index contributed by atoms with van der Waals surface area (Å²) in [5.74, 6) is 0. The Kier molecular flexibility index (Phi) is 1.91. The van der Waals surface area contributed by atoms with Gasteiger partial charge in [-0.2, -0.15) is 0 Å². The highest BCUT2D eigenvalue weighted by atomic mass is 79.9. The summed E-state index contributed by atoms with van der Waals surface area (Å²) < 4.78 is 2.62. The summed E-state index contributed by atoms with van der Waals surface area (Å²) in [6, 6.07) is 0. The molecule has 1 heterocycles.